The van der Waals surface area contributed by atoms with Gasteiger partial charge in [-0.1, -0.05) is 38.1 Å². The summed E-state index contributed by atoms with van der Waals surface area (Å²) in [5.74, 6) is 0.666. The van der Waals surface area contributed by atoms with Crippen LogP contribution in [0.1, 0.15) is 43.4 Å². The van der Waals surface area contributed by atoms with E-state index < -0.39 is 0 Å². The molecule has 0 amide bonds. The van der Waals surface area contributed by atoms with E-state index in [1.807, 2.05) is 0 Å². The number of hydrogen-bond donors (Lipinski definition) is 1. The van der Waals surface area contributed by atoms with Gasteiger partial charge in [-0.3, -0.25) is 0 Å². The van der Waals surface area contributed by atoms with E-state index in [1.54, 1.807) is 0 Å². The lowest BCUT2D eigenvalue weighted by Gasteiger charge is -2.30. The minimum Gasteiger partial charge on any atom is -0.309 e. The van der Waals surface area contributed by atoms with Crippen molar-refractivity contribution < 1.29 is 0 Å². The van der Waals surface area contributed by atoms with Crippen LogP contribution < -0.4 is 5.32 Å². The molecule has 1 nitrogen and oxygen atoms in total. The molecule has 13 heavy (non-hydrogen) atoms. The molecule has 1 aromatic rings. The van der Waals surface area contributed by atoms with E-state index in [9.17, 15) is 0 Å². The van der Waals surface area contributed by atoms with Gasteiger partial charge in [-0.15, -0.1) is 0 Å². The lowest BCUT2D eigenvalue weighted by atomic mass is 9.87. The van der Waals surface area contributed by atoms with Crippen molar-refractivity contribution in [2.75, 3.05) is 6.54 Å². The molecule has 2 unspecified atom stereocenters. The highest BCUT2D eigenvalue weighted by Crippen LogP contribution is 2.30. The quantitative estimate of drug-likeness (QED) is 0.692. The van der Waals surface area contributed by atoms with Gasteiger partial charge < -0.3 is 5.32 Å². The van der Waals surface area contributed by atoms with Crippen LogP contribution in [0.3, 0.4) is 0 Å². The first-order valence-corrected chi connectivity index (χ1v) is 5.15. The molecule has 1 N–H and O–H groups in total. The minimum atomic E-state index is 0.576. The zero-order valence-corrected chi connectivity index (χ0v) is 8.38. The smallest absolute Gasteiger partial charge is 0.0320 e. The van der Waals surface area contributed by atoms with Gasteiger partial charge >= 0.3 is 0 Å². The van der Waals surface area contributed by atoms with Crippen molar-refractivity contribution in [2.24, 2.45) is 0 Å². The molecular formula is C12H17N. The predicted molar refractivity (Wildman–Crippen MR) is 55.9 cm³/mol. The Morgan fingerprint density at radius 3 is 2.69 bits per heavy atom. The van der Waals surface area contributed by atoms with E-state index in [4.69, 9.17) is 0 Å². The molecule has 2 atom stereocenters. The molecule has 1 heterocycles. The molecule has 1 aromatic carbocycles. The second-order valence-electron chi connectivity index (χ2n) is 3.90. The fourth-order valence-electron chi connectivity index (χ4n) is 2.18. The van der Waals surface area contributed by atoms with Crippen molar-refractivity contribution in [1.29, 1.82) is 0 Å². The van der Waals surface area contributed by atoms with E-state index in [1.165, 1.54) is 17.5 Å². The van der Waals surface area contributed by atoms with Gasteiger partial charge in [0.1, 0.15) is 0 Å². The first kappa shape index (κ1) is 8.76. The minimum absolute atomic E-state index is 0.576. The maximum absolute atomic E-state index is 3.57. The molecule has 0 radical (unpaired) electrons. The largest absolute Gasteiger partial charge is 0.309 e. The Bertz CT molecular complexity index is 293. The standard InChI is InChI=1S/C12H17N/c1-3-12-11-7-5-4-6-10(11)9(2)8-13-12/h4-7,9,12-13H,3,8H2,1-2H3. The number of hydrogen-bond acceptors (Lipinski definition) is 1. The molecule has 0 fully saturated rings. The third-order valence-corrected chi connectivity index (χ3v) is 2.98. The van der Waals surface area contributed by atoms with Crippen molar-refractivity contribution in [3.05, 3.63) is 35.4 Å². The van der Waals surface area contributed by atoms with Crippen LogP contribution in [-0.2, 0) is 0 Å². The molecule has 0 bridgehead atoms. The van der Waals surface area contributed by atoms with Crippen molar-refractivity contribution in [2.45, 2.75) is 32.2 Å². The van der Waals surface area contributed by atoms with Crippen LogP contribution in [0.2, 0.25) is 0 Å². The molecule has 0 spiro atoms. The van der Waals surface area contributed by atoms with E-state index in [-0.39, 0.29) is 0 Å². The molecule has 0 saturated heterocycles. The monoisotopic (exact) mass is 175 g/mol. The topological polar surface area (TPSA) is 12.0 Å². The maximum atomic E-state index is 3.57. The number of fused-ring (bicyclic) bond motifs is 1. The fourth-order valence-corrected chi connectivity index (χ4v) is 2.18. The third kappa shape index (κ3) is 1.49. The van der Waals surface area contributed by atoms with Crippen molar-refractivity contribution in [1.82, 2.24) is 5.32 Å². The van der Waals surface area contributed by atoms with Crippen LogP contribution >= 0.6 is 0 Å². The van der Waals surface area contributed by atoms with E-state index in [0.717, 1.165) is 6.54 Å². The van der Waals surface area contributed by atoms with Crippen LogP contribution in [0, 0.1) is 0 Å². The fraction of sp³-hybridized carbons (Fsp3) is 0.500. The van der Waals surface area contributed by atoms with E-state index in [0.29, 0.717) is 12.0 Å². The molecule has 70 valence electrons. The zero-order chi connectivity index (χ0) is 9.26. The molecule has 2 rings (SSSR count). The summed E-state index contributed by atoms with van der Waals surface area (Å²) in [5, 5.41) is 3.57. The van der Waals surface area contributed by atoms with Gasteiger partial charge in [-0.25, -0.2) is 0 Å². The summed E-state index contributed by atoms with van der Waals surface area (Å²) in [6.45, 7) is 5.65. The van der Waals surface area contributed by atoms with Gasteiger partial charge in [-0.2, -0.15) is 0 Å². The Morgan fingerprint density at radius 1 is 1.31 bits per heavy atom. The van der Waals surface area contributed by atoms with Crippen molar-refractivity contribution >= 4 is 0 Å². The Hall–Kier alpha value is -0.820. The zero-order valence-electron chi connectivity index (χ0n) is 8.38. The van der Waals surface area contributed by atoms with Gasteiger partial charge in [0, 0.05) is 12.6 Å². The summed E-state index contributed by atoms with van der Waals surface area (Å²) in [7, 11) is 0. The summed E-state index contributed by atoms with van der Waals surface area (Å²) < 4.78 is 0. The normalized spacial score (nSPS) is 26.9. The average Bonchev–Trinajstić information content (AvgIpc) is 2.19. The molecular weight excluding hydrogens is 158 g/mol. The van der Waals surface area contributed by atoms with Gasteiger partial charge in [0.25, 0.3) is 0 Å². The first-order valence-electron chi connectivity index (χ1n) is 5.15. The Morgan fingerprint density at radius 2 is 2.00 bits per heavy atom. The van der Waals surface area contributed by atoms with Crippen LogP contribution in [0.5, 0.6) is 0 Å². The third-order valence-electron chi connectivity index (χ3n) is 2.98. The number of benzene rings is 1. The predicted octanol–water partition coefficient (Wildman–Crippen LogP) is 2.84. The lowest BCUT2D eigenvalue weighted by Crippen LogP contribution is -2.31. The van der Waals surface area contributed by atoms with Crippen LogP contribution in [0.25, 0.3) is 0 Å². The lowest BCUT2D eigenvalue weighted by molar-refractivity contribution is 0.458. The second kappa shape index (κ2) is 3.51. The van der Waals surface area contributed by atoms with E-state index in [2.05, 4.69) is 43.4 Å². The highest BCUT2D eigenvalue weighted by Gasteiger charge is 2.21. The highest BCUT2D eigenvalue weighted by atomic mass is 14.9. The van der Waals surface area contributed by atoms with Gasteiger partial charge in [0.05, 0.1) is 0 Å². The SMILES string of the molecule is CCC1NCC(C)c2ccccc21. The van der Waals surface area contributed by atoms with Gasteiger partial charge in [-0.05, 0) is 23.5 Å². The number of rotatable bonds is 1. The van der Waals surface area contributed by atoms with Gasteiger partial charge in [0.2, 0.25) is 0 Å². The summed E-state index contributed by atoms with van der Waals surface area (Å²) in [6.07, 6.45) is 1.18. The van der Waals surface area contributed by atoms with Crippen LogP contribution in [-0.4, -0.2) is 6.54 Å². The summed E-state index contributed by atoms with van der Waals surface area (Å²) in [4.78, 5) is 0. The average molecular weight is 175 g/mol. The number of nitrogens with one attached hydrogen (secondary N) is 1. The van der Waals surface area contributed by atoms with Gasteiger partial charge in [0.15, 0.2) is 0 Å². The molecule has 1 aliphatic rings. The van der Waals surface area contributed by atoms with Crippen molar-refractivity contribution in [3.63, 3.8) is 0 Å². The molecule has 0 aromatic heterocycles. The second-order valence-corrected chi connectivity index (χ2v) is 3.90. The Kier molecular flexibility index (Phi) is 2.36. The van der Waals surface area contributed by atoms with Crippen LogP contribution in [0.4, 0.5) is 0 Å². The first-order chi connectivity index (χ1) is 6.33. The Balaban J connectivity index is 2.42. The Labute approximate surface area is 80.2 Å². The summed E-state index contributed by atoms with van der Waals surface area (Å²) >= 11 is 0. The molecule has 0 aliphatic carbocycles. The summed E-state index contributed by atoms with van der Waals surface area (Å²) in [5.41, 5.74) is 3.04. The highest BCUT2D eigenvalue weighted by molar-refractivity contribution is 5.35. The van der Waals surface area contributed by atoms with Crippen molar-refractivity contribution in [3.8, 4) is 0 Å². The maximum Gasteiger partial charge on any atom is 0.0320 e. The summed E-state index contributed by atoms with van der Waals surface area (Å²) in [6, 6.07) is 9.39. The van der Waals surface area contributed by atoms with E-state index >= 15 is 0 Å². The van der Waals surface area contributed by atoms with Crippen LogP contribution in [0.15, 0.2) is 24.3 Å². The molecule has 0 saturated carbocycles. The molecule has 1 aliphatic heterocycles. The molecule has 1 heteroatoms.